The SMILES string of the molecule is C[C@@H](C(=O)NC1CCCCC1)N1CCN(c2ncccn2)CC1. The molecule has 2 fully saturated rings. The predicted octanol–water partition coefficient (Wildman–Crippen LogP) is 1.44. The smallest absolute Gasteiger partial charge is 0.237 e. The zero-order valence-corrected chi connectivity index (χ0v) is 13.9. The second-order valence-corrected chi connectivity index (χ2v) is 6.59. The van der Waals surface area contributed by atoms with E-state index in [0.717, 1.165) is 45.0 Å². The lowest BCUT2D eigenvalue weighted by Crippen LogP contribution is -2.55. The first-order chi connectivity index (χ1) is 11.2. The number of hydrogen-bond acceptors (Lipinski definition) is 5. The summed E-state index contributed by atoms with van der Waals surface area (Å²) in [5.41, 5.74) is 0. The zero-order valence-electron chi connectivity index (χ0n) is 13.9. The summed E-state index contributed by atoms with van der Waals surface area (Å²) in [6.45, 7) is 5.50. The van der Waals surface area contributed by atoms with Crippen molar-refractivity contribution in [3.8, 4) is 0 Å². The van der Waals surface area contributed by atoms with Crippen molar-refractivity contribution < 1.29 is 4.79 Å². The summed E-state index contributed by atoms with van der Waals surface area (Å²) in [6.07, 6.45) is 9.62. The van der Waals surface area contributed by atoms with Crippen LogP contribution in [-0.2, 0) is 4.79 Å². The maximum atomic E-state index is 12.5. The monoisotopic (exact) mass is 317 g/mol. The van der Waals surface area contributed by atoms with E-state index < -0.39 is 0 Å². The highest BCUT2D eigenvalue weighted by atomic mass is 16.2. The number of aromatic nitrogens is 2. The molecule has 0 radical (unpaired) electrons. The van der Waals surface area contributed by atoms with Gasteiger partial charge in [-0.05, 0) is 25.8 Å². The Morgan fingerprint density at radius 1 is 1.13 bits per heavy atom. The van der Waals surface area contributed by atoms with Crippen LogP contribution in [0.25, 0.3) is 0 Å². The van der Waals surface area contributed by atoms with Gasteiger partial charge in [-0.15, -0.1) is 0 Å². The van der Waals surface area contributed by atoms with Gasteiger partial charge in [0.15, 0.2) is 0 Å². The molecule has 6 heteroatoms. The number of carbonyl (C=O) groups is 1. The first-order valence-electron chi connectivity index (χ1n) is 8.80. The maximum absolute atomic E-state index is 12.5. The normalized spacial score (nSPS) is 21.9. The van der Waals surface area contributed by atoms with E-state index >= 15 is 0 Å². The lowest BCUT2D eigenvalue weighted by Gasteiger charge is -2.38. The van der Waals surface area contributed by atoms with E-state index in [4.69, 9.17) is 0 Å². The minimum atomic E-state index is -0.0595. The van der Waals surface area contributed by atoms with Gasteiger partial charge in [0.05, 0.1) is 6.04 Å². The van der Waals surface area contributed by atoms with Crippen molar-refractivity contribution in [2.45, 2.75) is 51.1 Å². The highest BCUT2D eigenvalue weighted by molar-refractivity contribution is 5.81. The molecule has 1 atom stereocenters. The fraction of sp³-hybridized carbons (Fsp3) is 0.706. The van der Waals surface area contributed by atoms with Crippen molar-refractivity contribution in [2.24, 2.45) is 0 Å². The molecule has 2 heterocycles. The van der Waals surface area contributed by atoms with Crippen LogP contribution in [0.3, 0.4) is 0 Å². The Hall–Kier alpha value is -1.69. The predicted molar refractivity (Wildman–Crippen MR) is 90.3 cm³/mol. The third-order valence-corrected chi connectivity index (χ3v) is 5.03. The molecule has 0 aromatic carbocycles. The molecular weight excluding hydrogens is 290 g/mol. The molecule has 1 aromatic heterocycles. The molecule has 6 nitrogen and oxygen atoms in total. The van der Waals surface area contributed by atoms with Gasteiger partial charge in [-0.3, -0.25) is 9.69 Å². The fourth-order valence-corrected chi connectivity index (χ4v) is 3.50. The van der Waals surface area contributed by atoms with Crippen LogP contribution in [0.5, 0.6) is 0 Å². The number of nitrogens with one attached hydrogen (secondary N) is 1. The highest BCUT2D eigenvalue weighted by Gasteiger charge is 2.27. The Morgan fingerprint density at radius 2 is 1.78 bits per heavy atom. The van der Waals surface area contributed by atoms with Gasteiger partial charge in [-0.1, -0.05) is 19.3 Å². The average Bonchev–Trinajstić information content (AvgIpc) is 2.63. The van der Waals surface area contributed by atoms with Gasteiger partial charge in [-0.2, -0.15) is 0 Å². The lowest BCUT2D eigenvalue weighted by molar-refractivity contribution is -0.127. The molecule has 1 saturated carbocycles. The lowest BCUT2D eigenvalue weighted by atomic mass is 9.95. The summed E-state index contributed by atoms with van der Waals surface area (Å²) in [5.74, 6) is 0.966. The van der Waals surface area contributed by atoms with E-state index in [9.17, 15) is 4.79 Å². The van der Waals surface area contributed by atoms with Gasteiger partial charge >= 0.3 is 0 Å². The Morgan fingerprint density at radius 3 is 2.43 bits per heavy atom. The van der Waals surface area contributed by atoms with E-state index in [0.29, 0.717) is 6.04 Å². The van der Waals surface area contributed by atoms with Crippen molar-refractivity contribution in [1.82, 2.24) is 20.2 Å². The summed E-state index contributed by atoms with van der Waals surface area (Å²) in [6, 6.07) is 2.16. The second-order valence-electron chi connectivity index (χ2n) is 6.59. The molecule has 126 valence electrons. The zero-order chi connectivity index (χ0) is 16.1. The molecule has 1 aliphatic carbocycles. The molecular formula is C17H27N5O. The van der Waals surface area contributed by atoms with Crippen molar-refractivity contribution in [2.75, 3.05) is 31.1 Å². The van der Waals surface area contributed by atoms with Gasteiger partial charge in [0.25, 0.3) is 0 Å². The van der Waals surface area contributed by atoms with Crippen molar-refractivity contribution in [3.63, 3.8) is 0 Å². The van der Waals surface area contributed by atoms with Crippen LogP contribution in [0.15, 0.2) is 18.5 Å². The molecule has 0 spiro atoms. The number of piperazine rings is 1. The average molecular weight is 317 g/mol. The molecule has 1 aliphatic heterocycles. The van der Waals surface area contributed by atoms with E-state index in [1.165, 1.54) is 19.3 Å². The van der Waals surface area contributed by atoms with Crippen LogP contribution >= 0.6 is 0 Å². The number of carbonyl (C=O) groups excluding carboxylic acids is 1. The van der Waals surface area contributed by atoms with Crippen molar-refractivity contribution in [1.29, 1.82) is 0 Å². The minimum absolute atomic E-state index is 0.0595. The van der Waals surface area contributed by atoms with Gasteiger partial charge in [0.2, 0.25) is 11.9 Å². The van der Waals surface area contributed by atoms with Crippen LogP contribution in [0.4, 0.5) is 5.95 Å². The summed E-state index contributed by atoms with van der Waals surface area (Å²) >= 11 is 0. The highest BCUT2D eigenvalue weighted by Crippen LogP contribution is 2.18. The van der Waals surface area contributed by atoms with Crippen LogP contribution in [0.2, 0.25) is 0 Å². The summed E-state index contributed by atoms with van der Waals surface area (Å²) in [7, 11) is 0. The third kappa shape index (κ3) is 4.19. The Bertz CT molecular complexity index is 495. The van der Waals surface area contributed by atoms with E-state index in [1.54, 1.807) is 12.4 Å². The minimum Gasteiger partial charge on any atom is -0.352 e. The Labute approximate surface area is 138 Å². The van der Waals surface area contributed by atoms with Crippen LogP contribution < -0.4 is 10.2 Å². The molecule has 0 unspecified atom stereocenters. The number of rotatable bonds is 4. The van der Waals surface area contributed by atoms with Gasteiger partial charge in [-0.25, -0.2) is 9.97 Å². The van der Waals surface area contributed by atoms with Crippen molar-refractivity contribution in [3.05, 3.63) is 18.5 Å². The topological polar surface area (TPSA) is 61.4 Å². The molecule has 1 saturated heterocycles. The third-order valence-electron chi connectivity index (χ3n) is 5.03. The summed E-state index contributed by atoms with van der Waals surface area (Å²) < 4.78 is 0. The number of hydrogen-bond donors (Lipinski definition) is 1. The van der Waals surface area contributed by atoms with Gasteiger partial charge in [0, 0.05) is 44.6 Å². The van der Waals surface area contributed by atoms with Crippen LogP contribution in [-0.4, -0.2) is 59.0 Å². The number of amides is 1. The quantitative estimate of drug-likeness (QED) is 0.910. The van der Waals surface area contributed by atoms with Gasteiger partial charge < -0.3 is 10.2 Å². The largest absolute Gasteiger partial charge is 0.352 e. The number of nitrogens with zero attached hydrogens (tertiary/aromatic N) is 4. The molecule has 1 amide bonds. The molecule has 1 N–H and O–H groups in total. The van der Waals surface area contributed by atoms with E-state index in [2.05, 4.69) is 25.1 Å². The first-order valence-corrected chi connectivity index (χ1v) is 8.80. The molecule has 0 bridgehead atoms. The maximum Gasteiger partial charge on any atom is 0.237 e. The molecule has 3 rings (SSSR count). The number of anilines is 1. The standard InChI is InChI=1S/C17H27N5O/c1-14(16(23)20-15-6-3-2-4-7-15)21-10-12-22(13-11-21)17-18-8-5-9-19-17/h5,8-9,14-15H,2-4,6-7,10-13H2,1H3,(H,20,23)/t14-/m0/s1. The fourth-order valence-electron chi connectivity index (χ4n) is 3.50. The van der Waals surface area contributed by atoms with Crippen LogP contribution in [0, 0.1) is 0 Å². The Kier molecular flexibility index (Phi) is 5.43. The molecule has 23 heavy (non-hydrogen) atoms. The van der Waals surface area contributed by atoms with Crippen molar-refractivity contribution >= 4 is 11.9 Å². The molecule has 1 aromatic rings. The van der Waals surface area contributed by atoms with Crippen LogP contribution in [0.1, 0.15) is 39.0 Å². The van der Waals surface area contributed by atoms with Gasteiger partial charge in [0.1, 0.15) is 0 Å². The summed E-state index contributed by atoms with van der Waals surface area (Å²) in [5, 5.41) is 3.24. The Balaban J connectivity index is 1.47. The first kappa shape index (κ1) is 16.2. The second kappa shape index (κ2) is 7.73. The van der Waals surface area contributed by atoms with E-state index in [1.807, 2.05) is 13.0 Å². The molecule has 2 aliphatic rings. The van der Waals surface area contributed by atoms with E-state index in [-0.39, 0.29) is 11.9 Å². The summed E-state index contributed by atoms with van der Waals surface area (Å²) in [4.78, 5) is 25.5.